The molecule has 0 radical (unpaired) electrons. The predicted octanol–water partition coefficient (Wildman–Crippen LogP) is 3.18. The molecule has 0 aliphatic carbocycles. The maximum Gasteiger partial charge on any atom is 0.186 e. The molecule has 4 nitrogen and oxygen atoms in total. The number of benzene rings is 1. The highest BCUT2D eigenvalue weighted by molar-refractivity contribution is 8.93. The first-order valence-electron chi connectivity index (χ1n) is 6.95. The lowest BCUT2D eigenvalue weighted by atomic mass is 10.1. The van der Waals surface area contributed by atoms with Gasteiger partial charge in [0, 0.05) is 18.8 Å². The van der Waals surface area contributed by atoms with Gasteiger partial charge in [0.1, 0.15) is 0 Å². The molecule has 0 bridgehead atoms. The second-order valence-electron chi connectivity index (χ2n) is 5.25. The van der Waals surface area contributed by atoms with Crippen LogP contribution in [0.25, 0.3) is 0 Å². The first-order chi connectivity index (χ1) is 9.72. The first-order valence-corrected chi connectivity index (χ1v) is 7.94. The molecule has 1 saturated heterocycles. The third-order valence-electron chi connectivity index (χ3n) is 3.39. The van der Waals surface area contributed by atoms with Crippen molar-refractivity contribution >= 4 is 39.6 Å². The number of morpholine rings is 1. The van der Waals surface area contributed by atoms with Gasteiger partial charge >= 0.3 is 0 Å². The van der Waals surface area contributed by atoms with Crippen LogP contribution in [0.3, 0.4) is 0 Å². The minimum absolute atomic E-state index is 0. The van der Waals surface area contributed by atoms with Crippen molar-refractivity contribution < 1.29 is 4.74 Å². The van der Waals surface area contributed by atoms with Crippen molar-refractivity contribution in [2.75, 3.05) is 18.8 Å². The van der Waals surface area contributed by atoms with Crippen LogP contribution in [0.15, 0.2) is 40.5 Å². The van der Waals surface area contributed by atoms with E-state index in [2.05, 4.69) is 41.1 Å². The normalized spacial score (nSPS) is 25.7. The van der Waals surface area contributed by atoms with E-state index < -0.39 is 0 Å². The highest BCUT2D eigenvalue weighted by atomic mass is 79.9. The van der Waals surface area contributed by atoms with Crippen LogP contribution in [0.4, 0.5) is 0 Å². The second-order valence-corrected chi connectivity index (χ2v) is 6.19. The number of halogens is 1. The molecule has 1 aromatic rings. The van der Waals surface area contributed by atoms with Crippen LogP contribution < -0.4 is 0 Å². The van der Waals surface area contributed by atoms with Crippen LogP contribution in [0.1, 0.15) is 19.4 Å². The van der Waals surface area contributed by atoms with Gasteiger partial charge in [0.05, 0.1) is 17.9 Å². The number of amidine groups is 1. The largest absolute Gasteiger partial charge is 0.372 e. The smallest absolute Gasteiger partial charge is 0.186 e. The van der Waals surface area contributed by atoms with Gasteiger partial charge in [-0.15, -0.1) is 22.1 Å². The molecule has 2 heterocycles. The maximum atomic E-state index is 5.76. The lowest BCUT2D eigenvalue weighted by Gasteiger charge is -2.37. The summed E-state index contributed by atoms with van der Waals surface area (Å²) in [4.78, 5) is 2.29. The Morgan fingerprint density at radius 1 is 1.10 bits per heavy atom. The summed E-state index contributed by atoms with van der Waals surface area (Å²) in [6.45, 7) is 6.00. The zero-order chi connectivity index (χ0) is 13.9. The SMILES string of the molecule is Br.CC1CN(C2=NN=C(c3ccccc3)CS2)CC(C)O1. The molecule has 114 valence electrons. The van der Waals surface area contributed by atoms with E-state index in [1.54, 1.807) is 11.8 Å². The molecule has 2 aliphatic rings. The van der Waals surface area contributed by atoms with E-state index in [0.717, 1.165) is 35.3 Å². The van der Waals surface area contributed by atoms with Crippen molar-refractivity contribution in [1.29, 1.82) is 0 Å². The minimum Gasteiger partial charge on any atom is -0.372 e. The van der Waals surface area contributed by atoms with Gasteiger partial charge in [0.25, 0.3) is 0 Å². The van der Waals surface area contributed by atoms with Gasteiger partial charge in [-0.1, -0.05) is 42.1 Å². The van der Waals surface area contributed by atoms with E-state index in [-0.39, 0.29) is 29.2 Å². The number of rotatable bonds is 1. The molecular formula is C15H20BrN3OS. The Hall–Kier alpha value is -0.850. The van der Waals surface area contributed by atoms with Gasteiger partial charge in [-0.2, -0.15) is 5.10 Å². The van der Waals surface area contributed by atoms with Crippen molar-refractivity contribution in [3.8, 4) is 0 Å². The van der Waals surface area contributed by atoms with Crippen molar-refractivity contribution in [1.82, 2.24) is 4.90 Å². The van der Waals surface area contributed by atoms with Crippen molar-refractivity contribution in [3.05, 3.63) is 35.9 Å². The molecule has 2 unspecified atom stereocenters. The maximum absolute atomic E-state index is 5.76. The van der Waals surface area contributed by atoms with Gasteiger partial charge < -0.3 is 9.64 Å². The summed E-state index contributed by atoms with van der Waals surface area (Å²) in [6, 6.07) is 10.3. The summed E-state index contributed by atoms with van der Waals surface area (Å²) in [6.07, 6.45) is 0.503. The fraction of sp³-hybridized carbons (Fsp3) is 0.467. The Morgan fingerprint density at radius 3 is 2.33 bits per heavy atom. The fourth-order valence-corrected chi connectivity index (χ4v) is 3.47. The molecule has 0 amide bonds. The number of hydrogen-bond acceptors (Lipinski definition) is 5. The Labute approximate surface area is 140 Å². The molecule has 3 rings (SSSR count). The lowest BCUT2D eigenvalue weighted by Crippen LogP contribution is -2.47. The van der Waals surface area contributed by atoms with Gasteiger partial charge in [-0.05, 0) is 19.4 Å². The minimum atomic E-state index is 0. The highest BCUT2D eigenvalue weighted by Gasteiger charge is 2.26. The fourth-order valence-electron chi connectivity index (χ4n) is 2.55. The molecule has 21 heavy (non-hydrogen) atoms. The van der Waals surface area contributed by atoms with Crippen LogP contribution >= 0.6 is 28.7 Å². The summed E-state index contributed by atoms with van der Waals surface area (Å²) >= 11 is 1.77. The molecule has 2 aliphatic heterocycles. The molecular weight excluding hydrogens is 350 g/mol. The van der Waals surface area contributed by atoms with Gasteiger partial charge in [0.15, 0.2) is 5.17 Å². The monoisotopic (exact) mass is 369 g/mol. The summed E-state index contributed by atoms with van der Waals surface area (Å²) in [5, 5.41) is 9.85. The summed E-state index contributed by atoms with van der Waals surface area (Å²) in [7, 11) is 0. The number of thioether (sulfide) groups is 1. The molecule has 0 spiro atoms. The van der Waals surface area contributed by atoms with E-state index >= 15 is 0 Å². The van der Waals surface area contributed by atoms with E-state index in [4.69, 9.17) is 4.74 Å². The zero-order valence-electron chi connectivity index (χ0n) is 12.2. The van der Waals surface area contributed by atoms with E-state index in [9.17, 15) is 0 Å². The average molecular weight is 370 g/mol. The Kier molecular flexibility index (Phi) is 5.84. The quantitative estimate of drug-likeness (QED) is 0.762. The van der Waals surface area contributed by atoms with Crippen LogP contribution in [0.5, 0.6) is 0 Å². The van der Waals surface area contributed by atoms with Crippen LogP contribution in [-0.4, -0.2) is 46.8 Å². The van der Waals surface area contributed by atoms with Gasteiger partial charge in [-0.25, -0.2) is 0 Å². The molecule has 1 aromatic carbocycles. The predicted molar refractivity (Wildman–Crippen MR) is 94.8 cm³/mol. The summed E-state index contributed by atoms with van der Waals surface area (Å²) in [5.41, 5.74) is 2.21. The first kappa shape index (κ1) is 16.5. The molecule has 1 fully saturated rings. The van der Waals surface area contributed by atoms with Crippen LogP contribution in [-0.2, 0) is 4.74 Å². The third kappa shape index (κ3) is 4.08. The van der Waals surface area contributed by atoms with E-state index in [0.29, 0.717) is 0 Å². The Bertz CT molecular complexity index is 525. The number of hydrogen-bond donors (Lipinski definition) is 0. The van der Waals surface area contributed by atoms with Gasteiger partial charge in [0.2, 0.25) is 0 Å². The Balaban J connectivity index is 0.00000161. The number of nitrogens with zero attached hydrogens (tertiary/aromatic N) is 3. The van der Waals surface area contributed by atoms with Gasteiger partial charge in [-0.3, -0.25) is 0 Å². The standard InChI is InChI=1S/C15H19N3OS.BrH/c1-11-8-18(9-12(2)19-11)15-17-16-14(10-20-15)13-6-4-3-5-7-13;/h3-7,11-12H,8-10H2,1-2H3;1H. The lowest BCUT2D eigenvalue weighted by molar-refractivity contribution is -0.0472. The topological polar surface area (TPSA) is 37.2 Å². The molecule has 0 aromatic heterocycles. The highest BCUT2D eigenvalue weighted by Crippen LogP contribution is 2.21. The molecule has 0 N–H and O–H groups in total. The molecule has 0 saturated carbocycles. The summed E-state index contributed by atoms with van der Waals surface area (Å²) in [5.74, 6) is 0.878. The number of ether oxygens (including phenoxy) is 1. The zero-order valence-corrected chi connectivity index (χ0v) is 14.8. The van der Waals surface area contributed by atoms with E-state index in [1.807, 2.05) is 18.2 Å². The molecule has 6 heteroatoms. The van der Waals surface area contributed by atoms with Crippen molar-refractivity contribution in [2.45, 2.75) is 26.1 Å². The summed E-state index contributed by atoms with van der Waals surface area (Å²) < 4.78 is 5.76. The Morgan fingerprint density at radius 2 is 1.76 bits per heavy atom. The second kappa shape index (κ2) is 7.42. The van der Waals surface area contributed by atoms with Crippen LogP contribution in [0, 0.1) is 0 Å². The molecule has 2 atom stereocenters. The van der Waals surface area contributed by atoms with Crippen molar-refractivity contribution in [3.63, 3.8) is 0 Å². The van der Waals surface area contributed by atoms with Crippen molar-refractivity contribution in [2.24, 2.45) is 10.2 Å². The average Bonchev–Trinajstić information content (AvgIpc) is 2.47. The van der Waals surface area contributed by atoms with E-state index in [1.165, 1.54) is 0 Å². The third-order valence-corrected chi connectivity index (χ3v) is 4.41. The van der Waals surface area contributed by atoms with Crippen LogP contribution in [0.2, 0.25) is 0 Å².